The number of aryl methyl sites for hydroxylation is 2. The molecule has 6 aromatic rings. The molecular formula is C46H58N6O8S2Si. The highest BCUT2D eigenvalue weighted by Crippen LogP contribution is 2.44. The Labute approximate surface area is 376 Å². The number of aromatic hydroxyl groups is 1. The fourth-order valence-corrected chi connectivity index (χ4v) is 11.5. The average molecular weight is 915 g/mol. The number of hydrogen-bond acceptors (Lipinski definition) is 14. The number of carbonyl (C=O) groups is 1. The summed E-state index contributed by atoms with van der Waals surface area (Å²) in [6, 6.07) is 16.4. The molecule has 2 atom stereocenters. The number of benzene rings is 2. The summed E-state index contributed by atoms with van der Waals surface area (Å²) in [5.41, 5.74) is 1.60. The van der Waals surface area contributed by atoms with Crippen molar-refractivity contribution in [3.05, 3.63) is 96.1 Å². The number of H-pyrrole nitrogens is 1. The van der Waals surface area contributed by atoms with E-state index in [9.17, 15) is 19.8 Å². The van der Waals surface area contributed by atoms with Crippen LogP contribution in [-0.4, -0.2) is 88.5 Å². The van der Waals surface area contributed by atoms with Gasteiger partial charge in [-0.1, -0.05) is 38.1 Å². The summed E-state index contributed by atoms with van der Waals surface area (Å²) >= 11 is 2.77. The maximum Gasteiger partial charge on any atom is 0.349 e. The summed E-state index contributed by atoms with van der Waals surface area (Å²) < 4.78 is 27.1. The van der Waals surface area contributed by atoms with Crippen LogP contribution in [0.25, 0.3) is 21.9 Å². The summed E-state index contributed by atoms with van der Waals surface area (Å²) in [5.74, 6) is 0.713. The molecule has 0 amide bonds. The van der Waals surface area contributed by atoms with Crippen molar-refractivity contribution in [2.75, 3.05) is 26.9 Å². The van der Waals surface area contributed by atoms with Crippen molar-refractivity contribution < 1.29 is 33.6 Å². The van der Waals surface area contributed by atoms with Gasteiger partial charge >= 0.3 is 5.97 Å². The van der Waals surface area contributed by atoms with Gasteiger partial charge < -0.3 is 44.1 Å². The zero-order chi connectivity index (χ0) is 44.7. The van der Waals surface area contributed by atoms with E-state index < -0.39 is 19.9 Å². The quantitative estimate of drug-likeness (QED) is 0.0544. The lowest BCUT2D eigenvalue weighted by Crippen LogP contribution is -2.43. The molecule has 0 bridgehead atoms. The van der Waals surface area contributed by atoms with Crippen LogP contribution in [0.1, 0.15) is 84.7 Å². The van der Waals surface area contributed by atoms with Gasteiger partial charge in [0.05, 0.1) is 21.4 Å². The highest BCUT2D eigenvalue weighted by atomic mass is 32.1. The lowest BCUT2D eigenvalue weighted by molar-refractivity contribution is -0.169. The first-order chi connectivity index (χ1) is 30.0. The minimum absolute atomic E-state index is 0.0110. The smallest absolute Gasteiger partial charge is 0.349 e. The average Bonchev–Trinajstić information content (AvgIpc) is 4.09. The van der Waals surface area contributed by atoms with Crippen molar-refractivity contribution in [1.29, 1.82) is 0 Å². The Morgan fingerprint density at radius 2 is 1.86 bits per heavy atom. The zero-order valence-corrected chi connectivity index (χ0v) is 39.7. The summed E-state index contributed by atoms with van der Waals surface area (Å²) in [6.45, 7) is 15.5. The molecule has 14 nitrogen and oxygen atoms in total. The molecule has 2 aliphatic rings. The van der Waals surface area contributed by atoms with Gasteiger partial charge in [-0.25, -0.2) is 9.48 Å². The second kappa shape index (κ2) is 18.1. The van der Waals surface area contributed by atoms with Crippen LogP contribution < -0.4 is 20.3 Å². The van der Waals surface area contributed by atoms with Gasteiger partial charge in [0.15, 0.2) is 19.8 Å². The molecule has 0 radical (unpaired) electrons. The third kappa shape index (κ3) is 9.19. The maximum atomic E-state index is 13.6. The van der Waals surface area contributed by atoms with Crippen LogP contribution in [0.4, 0.5) is 0 Å². The Bertz CT molecular complexity index is 2630. The van der Waals surface area contributed by atoms with Gasteiger partial charge in [0, 0.05) is 47.6 Å². The number of thiophene rings is 2. The molecule has 1 fully saturated rings. The molecule has 1 aliphatic carbocycles. The van der Waals surface area contributed by atoms with E-state index in [1.165, 1.54) is 28.7 Å². The standard InChI is InChI=1S/C46H58N6O8S2Si/c1-28-11-19-38(62-28)46(56,37-10-8-23-61-37)44(55)59-31-14-12-30(13-15-31)51(5)21-9-22-52-41-34(49-50-52)24-29(42-43(41)58-27-57-42)25-47-26-36(60-63(6,7)45(2,3)4)32-16-18-35(53)40-33(32)17-20-39(54)48-40/h8,10-11,16-20,23-24,30-31,36,47,53,56H,9,12-15,21-22,25-27H2,1-7H3,(H,48,54)/t30?,31?,36-,46+/m0/s1. The molecule has 4 aromatic heterocycles. The van der Waals surface area contributed by atoms with Crippen LogP contribution >= 0.6 is 22.7 Å². The lowest BCUT2D eigenvalue weighted by atomic mass is 9.91. The molecule has 336 valence electrons. The van der Waals surface area contributed by atoms with E-state index in [2.05, 4.69) is 66.4 Å². The topological polar surface area (TPSA) is 173 Å². The van der Waals surface area contributed by atoms with Crippen molar-refractivity contribution in [2.24, 2.45) is 0 Å². The van der Waals surface area contributed by atoms with Crippen LogP contribution in [0.2, 0.25) is 18.1 Å². The molecular weight excluding hydrogens is 857 g/mol. The monoisotopic (exact) mass is 914 g/mol. The number of nitrogens with one attached hydrogen (secondary N) is 2. The summed E-state index contributed by atoms with van der Waals surface area (Å²) in [7, 11) is -0.124. The first-order valence-corrected chi connectivity index (χ1v) is 26.3. The van der Waals surface area contributed by atoms with Gasteiger partial charge in [0.1, 0.15) is 22.9 Å². The van der Waals surface area contributed by atoms with Crippen LogP contribution in [-0.2, 0) is 32.6 Å². The molecule has 2 aromatic carbocycles. The number of fused-ring (bicyclic) bond motifs is 4. The number of carbonyl (C=O) groups excluding carboxylic acids is 1. The van der Waals surface area contributed by atoms with Gasteiger partial charge in [-0.05, 0) is 118 Å². The van der Waals surface area contributed by atoms with Crippen LogP contribution in [0.5, 0.6) is 17.2 Å². The number of nitrogens with zero attached hydrogens (tertiary/aromatic N) is 4. The molecule has 4 N–H and O–H groups in total. The molecule has 0 unspecified atom stereocenters. The fraction of sp³-hybridized carbons (Fsp3) is 0.478. The van der Waals surface area contributed by atoms with E-state index in [0.717, 1.165) is 71.1 Å². The number of aromatic nitrogens is 4. The summed E-state index contributed by atoms with van der Waals surface area (Å²) in [6.07, 6.45) is 3.47. The highest BCUT2D eigenvalue weighted by Gasteiger charge is 2.45. The Kier molecular flexibility index (Phi) is 12.9. The summed E-state index contributed by atoms with van der Waals surface area (Å²) in [5, 5.41) is 37.6. The van der Waals surface area contributed by atoms with Crippen molar-refractivity contribution in [3.63, 3.8) is 0 Å². The van der Waals surface area contributed by atoms with Crippen LogP contribution in [0.15, 0.2) is 64.8 Å². The third-order valence-corrected chi connectivity index (χ3v) is 19.6. The number of phenols is 1. The third-order valence-electron chi connectivity index (χ3n) is 13.0. The molecule has 5 heterocycles. The normalized spacial score (nSPS) is 18.3. The minimum atomic E-state index is -2.27. The number of phenolic OH excluding ortho intramolecular Hbond substituents is 1. The van der Waals surface area contributed by atoms with Gasteiger partial charge in [-0.3, -0.25) is 4.79 Å². The Balaban J connectivity index is 0.885. The Morgan fingerprint density at radius 1 is 1.08 bits per heavy atom. The van der Waals surface area contributed by atoms with Gasteiger partial charge in [0.2, 0.25) is 18.0 Å². The van der Waals surface area contributed by atoms with E-state index in [1.54, 1.807) is 18.2 Å². The van der Waals surface area contributed by atoms with Crippen molar-refractivity contribution >= 4 is 58.9 Å². The maximum absolute atomic E-state index is 13.6. The second-order valence-electron chi connectivity index (χ2n) is 18.3. The Hall–Kier alpha value is -4.62. The number of aromatic amines is 1. The molecule has 0 saturated heterocycles. The predicted octanol–water partition coefficient (Wildman–Crippen LogP) is 8.10. The molecule has 1 saturated carbocycles. The van der Waals surface area contributed by atoms with E-state index in [4.69, 9.17) is 18.6 Å². The van der Waals surface area contributed by atoms with Gasteiger partial charge in [-0.2, -0.15) is 0 Å². The number of rotatable bonds is 16. The number of hydrogen-bond donors (Lipinski definition) is 4. The fourth-order valence-electron chi connectivity index (χ4n) is 8.42. The molecule has 8 rings (SSSR count). The van der Waals surface area contributed by atoms with Crippen molar-refractivity contribution in [3.8, 4) is 17.2 Å². The second-order valence-corrected chi connectivity index (χ2v) is 25.3. The lowest BCUT2D eigenvalue weighted by Gasteiger charge is -2.39. The first kappa shape index (κ1) is 45.0. The molecule has 0 spiro atoms. The van der Waals surface area contributed by atoms with Crippen LogP contribution in [0.3, 0.4) is 0 Å². The van der Waals surface area contributed by atoms with E-state index in [1.807, 2.05) is 47.3 Å². The van der Waals surface area contributed by atoms with Crippen molar-refractivity contribution in [2.45, 2.75) is 115 Å². The Morgan fingerprint density at radius 3 is 2.57 bits per heavy atom. The van der Waals surface area contributed by atoms with E-state index >= 15 is 0 Å². The zero-order valence-electron chi connectivity index (χ0n) is 37.0. The molecule has 1 aliphatic heterocycles. The minimum Gasteiger partial charge on any atom is -0.506 e. The number of aliphatic hydroxyl groups is 1. The largest absolute Gasteiger partial charge is 0.506 e. The molecule has 17 heteroatoms. The van der Waals surface area contributed by atoms with Gasteiger partial charge in [-0.15, -0.1) is 27.8 Å². The van der Waals surface area contributed by atoms with Crippen LogP contribution in [0, 0.1) is 6.92 Å². The number of esters is 1. The SMILES string of the molecule is Cc1ccc([C@@](O)(C(=O)OC2CCC(N(C)CCCn3nnc4cc(CNC[C@H](O[Si](C)(C)C(C)(C)C)c5ccc(O)c6[nH]c(=O)ccc56)c5c(c43)OCO5)CC2)c2cccs2)s1. The first-order valence-electron chi connectivity index (χ1n) is 21.7. The number of pyridine rings is 1. The van der Waals surface area contributed by atoms with Crippen molar-refractivity contribution in [1.82, 2.24) is 30.2 Å². The highest BCUT2D eigenvalue weighted by molar-refractivity contribution is 7.13. The summed E-state index contributed by atoms with van der Waals surface area (Å²) in [4.78, 5) is 33.1. The van der Waals surface area contributed by atoms with E-state index in [-0.39, 0.29) is 35.3 Å². The van der Waals surface area contributed by atoms with Gasteiger partial charge in [0.25, 0.3) is 0 Å². The molecule has 63 heavy (non-hydrogen) atoms. The van der Waals surface area contributed by atoms with E-state index in [0.29, 0.717) is 52.4 Å². The number of ether oxygens (including phenoxy) is 3. The predicted molar refractivity (Wildman–Crippen MR) is 248 cm³/mol.